The molecule has 1 atom stereocenters. The monoisotopic (exact) mass is 536 g/mol. The van der Waals surface area contributed by atoms with Gasteiger partial charge in [-0.2, -0.15) is 0 Å². The summed E-state index contributed by atoms with van der Waals surface area (Å²) in [6.45, 7) is 4.42. The molecule has 0 aliphatic rings. The molecule has 4 aromatic rings. The third-order valence-electron chi connectivity index (χ3n) is 6.56. The summed E-state index contributed by atoms with van der Waals surface area (Å²) >= 11 is 0. The topological polar surface area (TPSA) is 76.7 Å². The van der Waals surface area contributed by atoms with Gasteiger partial charge in [0, 0.05) is 29.8 Å². The van der Waals surface area contributed by atoms with Crippen LogP contribution in [-0.2, 0) is 22.5 Å². The van der Waals surface area contributed by atoms with Gasteiger partial charge in [0.05, 0.1) is 13.7 Å². The quantitative estimate of drug-likeness (QED) is 0.117. The molecule has 0 unspecified atom stereocenters. The molecule has 0 aliphatic heterocycles. The molecule has 0 fully saturated rings. The summed E-state index contributed by atoms with van der Waals surface area (Å²) in [6.07, 6.45) is 1.28. The van der Waals surface area contributed by atoms with Gasteiger partial charge in [0.15, 0.2) is 5.78 Å². The van der Waals surface area contributed by atoms with E-state index in [1.54, 1.807) is 24.3 Å². The van der Waals surface area contributed by atoms with Crippen LogP contribution in [0.1, 0.15) is 39.0 Å². The molecule has 0 bridgehead atoms. The summed E-state index contributed by atoms with van der Waals surface area (Å²) in [4.78, 5) is 25.8. The molecule has 6 heteroatoms. The van der Waals surface area contributed by atoms with Crippen molar-refractivity contribution in [1.82, 2.24) is 5.32 Å². The first-order valence-electron chi connectivity index (χ1n) is 13.5. The number of ketones is 1. The van der Waals surface area contributed by atoms with E-state index < -0.39 is 12.0 Å². The van der Waals surface area contributed by atoms with E-state index in [1.165, 1.54) is 18.2 Å². The summed E-state index contributed by atoms with van der Waals surface area (Å²) in [5.74, 6) is 0.267. The maximum absolute atomic E-state index is 13.1. The number of carbonyl (C=O) groups excluding carboxylic acids is 2. The molecule has 0 amide bonds. The Morgan fingerprint density at radius 3 is 2.33 bits per heavy atom. The van der Waals surface area contributed by atoms with Gasteiger partial charge in [-0.25, -0.2) is 4.79 Å². The summed E-state index contributed by atoms with van der Waals surface area (Å²) in [6, 6.07) is 31.9. The van der Waals surface area contributed by atoms with Gasteiger partial charge in [-0.05, 0) is 55.3 Å². The zero-order valence-electron chi connectivity index (χ0n) is 23.1. The number of ether oxygens (including phenoxy) is 2. The van der Waals surface area contributed by atoms with Gasteiger partial charge < -0.3 is 20.1 Å². The number of methoxy groups -OCH3 is 1. The maximum Gasteiger partial charge on any atom is 0.328 e. The number of anilines is 1. The van der Waals surface area contributed by atoms with Gasteiger partial charge in [-0.1, -0.05) is 84.4 Å². The number of hydrogen-bond donors (Lipinski definition) is 2. The molecule has 0 saturated carbocycles. The lowest BCUT2D eigenvalue weighted by Crippen LogP contribution is -2.33. The number of hydrogen-bond acceptors (Lipinski definition) is 6. The van der Waals surface area contributed by atoms with Crippen LogP contribution in [-0.4, -0.2) is 38.1 Å². The molecule has 6 nitrogen and oxygen atoms in total. The molecular weight excluding hydrogens is 500 g/mol. The van der Waals surface area contributed by atoms with Gasteiger partial charge in [-0.3, -0.25) is 4.79 Å². The number of nitrogens with one attached hydrogen (secondary N) is 2. The summed E-state index contributed by atoms with van der Waals surface area (Å²) in [7, 11) is 1.37. The minimum atomic E-state index is -0.666. The van der Waals surface area contributed by atoms with Crippen molar-refractivity contribution < 1.29 is 19.1 Å². The summed E-state index contributed by atoms with van der Waals surface area (Å²) in [5.41, 5.74) is 5.17. The third-order valence-corrected chi connectivity index (χ3v) is 6.56. The second-order valence-corrected chi connectivity index (χ2v) is 9.68. The van der Waals surface area contributed by atoms with Crippen molar-refractivity contribution in [3.05, 3.63) is 131 Å². The predicted molar refractivity (Wildman–Crippen MR) is 159 cm³/mol. The fraction of sp³-hybridized carbons (Fsp3) is 0.235. The molecule has 0 radical (unpaired) electrons. The van der Waals surface area contributed by atoms with E-state index in [2.05, 4.69) is 41.8 Å². The van der Waals surface area contributed by atoms with E-state index in [1.807, 2.05) is 54.6 Å². The molecule has 40 heavy (non-hydrogen) atoms. The first-order valence-corrected chi connectivity index (χ1v) is 13.5. The highest BCUT2D eigenvalue weighted by molar-refractivity contribution is 6.12. The lowest BCUT2D eigenvalue weighted by Gasteiger charge is -2.20. The van der Waals surface area contributed by atoms with E-state index in [0.29, 0.717) is 29.8 Å². The van der Waals surface area contributed by atoms with Gasteiger partial charge in [-0.15, -0.1) is 0 Å². The van der Waals surface area contributed by atoms with E-state index in [9.17, 15) is 9.59 Å². The lowest BCUT2D eigenvalue weighted by molar-refractivity contribution is -0.141. The van der Waals surface area contributed by atoms with Crippen molar-refractivity contribution in [1.29, 1.82) is 0 Å². The molecule has 0 aliphatic carbocycles. The maximum atomic E-state index is 13.1. The van der Waals surface area contributed by atoms with E-state index in [4.69, 9.17) is 9.47 Å². The minimum absolute atomic E-state index is 0.112. The van der Waals surface area contributed by atoms with Crippen molar-refractivity contribution in [2.45, 2.75) is 32.4 Å². The zero-order valence-corrected chi connectivity index (χ0v) is 23.1. The van der Waals surface area contributed by atoms with E-state index in [0.717, 1.165) is 30.8 Å². The Balaban J connectivity index is 1.30. The first kappa shape index (κ1) is 28.6. The molecule has 2 N–H and O–H groups in total. The standard InChI is InChI=1S/C34H36N2O4/c1-25-10-8-11-27(22-25)24-35-20-9-21-40-29-18-16-26(17-19-29)23-32(34(38)39-2)36-31-15-7-6-14-30(31)33(37)28-12-4-3-5-13-28/h3-8,10-19,22,32,35-36H,9,20-21,23-24H2,1-2H3/t32-/m0/s1. The Labute approximate surface area is 236 Å². The molecule has 4 rings (SSSR count). The molecular formula is C34H36N2O4. The highest BCUT2D eigenvalue weighted by atomic mass is 16.5. The van der Waals surface area contributed by atoms with Crippen molar-refractivity contribution in [2.24, 2.45) is 0 Å². The van der Waals surface area contributed by atoms with Crippen molar-refractivity contribution >= 4 is 17.4 Å². The summed E-state index contributed by atoms with van der Waals surface area (Å²) in [5, 5.41) is 6.70. The molecule has 0 saturated heterocycles. The Morgan fingerprint density at radius 1 is 0.825 bits per heavy atom. The lowest BCUT2D eigenvalue weighted by atomic mass is 10.00. The van der Waals surface area contributed by atoms with Crippen LogP contribution in [0.25, 0.3) is 0 Å². The number of esters is 1. The van der Waals surface area contributed by atoms with Gasteiger partial charge in [0.25, 0.3) is 0 Å². The zero-order chi connectivity index (χ0) is 28.2. The highest BCUT2D eigenvalue weighted by Gasteiger charge is 2.22. The Bertz CT molecular complexity index is 1390. The van der Waals surface area contributed by atoms with Gasteiger partial charge >= 0.3 is 5.97 Å². The van der Waals surface area contributed by atoms with E-state index in [-0.39, 0.29) is 5.78 Å². The van der Waals surface area contributed by atoms with Crippen LogP contribution in [0.15, 0.2) is 103 Å². The number of rotatable bonds is 14. The van der Waals surface area contributed by atoms with Crippen molar-refractivity contribution in [3.8, 4) is 5.75 Å². The second-order valence-electron chi connectivity index (χ2n) is 9.68. The second kappa shape index (κ2) is 14.7. The van der Waals surface area contributed by atoms with Crippen molar-refractivity contribution in [3.63, 3.8) is 0 Å². The van der Waals surface area contributed by atoms with Crippen LogP contribution < -0.4 is 15.4 Å². The fourth-order valence-corrected chi connectivity index (χ4v) is 4.47. The summed E-state index contributed by atoms with van der Waals surface area (Å²) < 4.78 is 11.0. The number of aryl methyl sites for hydroxylation is 1. The van der Waals surface area contributed by atoms with Crippen LogP contribution in [0.5, 0.6) is 5.75 Å². The molecule has 0 heterocycles. The fourth-order valence-electron chi connectivity index (χ4n) is 4.47. The normalized spacial score (nSPS) is 11.4. The Kier molecular flexibility index (Phi) is 10.5. The minimum Gasteiger partial charge on any atom is -0.494 e. The smallest absolute Gasteiger partial charge is 0.328 e. The SMILES string of the molecule is COC(=O)[C@H](Cc1ccc(OCCCNCc2cccc(C)c2)cc1)Nc1ccccc1C(=O)c1ccccc1. The number of carbonyl (C=O) groups is 2. The van der Waals surface area contributed by atoms with E-state index >= 15 is 0 Å². The Morgan fingerprint density at radius 2 is 1.57 bits per heavy atom. The van der Waals surface area contributed by atoms with Crippen LogP contribution in [0.4, 0.5) is 5.69 Å². The van der Waals surface area contributed by atoms with Crippen LogP contribution in [0.3, 0.4) is 0 Å². The molecule has 0 aromatic heterocycles. The first-order chi connectivity index (χ1) is 19.5. The average Bonchev–Trinajstić information content (AvgIpc) is 2.99. The van der Waals surface area contributed by atoms with Gasteiger partial charge in [0.2, 0.25) is 0 Å². The van der Waals surface area contributed by atoms with Crippen LogP contribution >= 0.6 is 0 Å². The third kappa shape index (κ3) is 8.29. The average molecular weight is 537 g/mol. The van der Waals surface area contributed by atoms with Gasteiger partial charge in [0.1, 0.15) is 11.8 Å². The van der Waals surface area contributed by atoms with Crippen LogP contribution in [0, 0.1) is 6.92 Å². The predicted octanol–water partition coefficient (Wildman–Crippen LogP) is 5.98. The largest absolute Gasteiger partial charge is 0.494 e. The Hall–Kier alpha value is -4.42. The molecule has 4 aromatic carbocycles. The molecule has 206 valence electrons. The number of benzene rings is 4. The van der Waals surface area contributed by atoms with Crippen LogP contribution in [0.2, 0.25) is 0 Å². The molecule has 0 spiro atoms. The highest BCUT2D eigenvalue weighted by Crippen LogP contribution is 2.22. The van der Waals surface area contributed by atoms with Crippen molar-refractivity contribution in [2.75, 3.05) is 25.6 Å². The number of para-hydroxylation sites is 1.